The number of hydrogen-bond donors (Lipinski definition) is 0. The van der Waals surface area contributed by atoms with Gasteiger partial charge in [-0.1, -0.05) is 18.9 Å². The van der Waals surface area contributed by atoms with E-state index in [-0.39, 0.29) is 0 Å². The van der Waals surface area contributed by atoms with E-state index in [1.165, 1.54) is 24.0 Å². The summed E-state index contributed by atoms with van der Waals surface area (Å²) in [5, 5.41) is 0. The smallest absolute Gasteiger partial charge is 0.159 e. The fourth-order valence-electron chi connectivity index (χ4n) is 2.38. The highest BCUT2D eigenvalue weighted by atomic mass is 16.1. The van der Waals surface area contributed by atoms with E-state index in [1.54, 1.807) is 0 Å². The predicted molar refractivity (Wildman–Crippen MR) is 48.8 cm³/mol. The molecule has 2 atom stereocenters. The molecule has 0 aliphatic heterocycles. The van der Waals surface area contributed by atoms with Crippen molar-refractivity contribution < 1.29 is 4.79 Å². The van der Waals surface area contributed by atoms with Crippen LogP contribution in [-0.2, 0) is 4.79 Å². The quantitative estimate of drug-likeness (QED) is 0.613. The molecule has 2 aliphatic carbocycles. The number of Topliss-reactive ketones (excluding diaryl/α,β-unsaturated/α-hetero) is 1. The Bertz CT molecular complexity index is 250. The Morgan fingerprint density at radius 2 is 2.17 bits per heavy atom. The van der Waals surface area contributed by atoms with Gasteiger partial charge in [0.05, 0.1) is 0 Å². The molecule has 0 saturated heterocycles. The number of carbonyl (C=O) groups excluding carboxylic acids is 1. The molecule has 2 aliphatic rings. The van der Waals surface area contributed by atoms with Gasteiger partial charge in [0.25, 0.3) is 0 Å². The van der Waals surface area contributed by atoms with Crippen LogP contribution in [-0.4, -0.2) is 5.78 Å². The number of allylic oxidation sites excluding steroid dienone is 2. The summed E-state index contributed by atoms with van der Waals surface area (Å²) in [7, 11) is 0. The first-order valence-electron chi connectivity index (χ1n) is 4.97. The van der Waals surface area contributed by atoms with Gasteiger partial charge >= 0.3 is 0 Å². The van der Waals surface area contributed by atoms with E-state index in [9.17, 15) is 4.79 Å². The summed E-state index contributed by atoms with van der Waals surface area (Å²) in [6.45, 7) is 4.35. The maximum Gasteiger partial charge on any atom is 0.159 e. The second kappa shape index (κ2) is 2.72. The Balaban J connectivity index is 2.13. The second-order valence-corrected chi connectivity index (χ2v) is 4.13. The first-order chi connectivity index (χ1) is 5.74. The zero-order valence-corrected chi connectivity index (χ0v) is 7.89. The van der Waals surface area contributed by atoms with Crippen LogP contribution in [0.5, 0.6) is 0 Å². The van der Waals surface area contributed by atoms with Crippen LogP contribution in [0.3, 0.4) is 0 Å². The molecule has 2 rings (SSSR count). The Hall–Kier alpha value is -0.590. The third-order valence-corrected chi connectivity index (χ3v) is 3.31. The third kappa shape index (κ3) is 1.12. The van der Waals surface area contributed by atoms with E-state index in [2.05, 4.69) is 13.8 Å². The van der Waals surface area contributed by atoms with Crippen LogP contribution in [0.25, 0.3) is 0 Å². The van der Waals surface area contributed by atoms with Crippen molar-refractivity contribution in [3.8, 4) is 0 Å². The highest BCUT2D eigenvalue weighted by molar-refractivity contribution is 5.99. The summed E-state index contributed by atoms with van der Waals surface area (Å²) < 4.78 is 0. The molecule has 12 heavy (non-hydrogen) atoms. The van der Waals surface area contributed by atoms with Crippen molar-refractivity contribution in [1.82, 2.24) is 0 Å². The van der Waals surface area contributed by atoms with Crippen LogP contribution in [0.1, 0.15) is 39.5 Å². The fourth-order valence-corrected chi connectivity index (χ4v) is 2.38. The van der Waals surface area contributed by atoms with Gasteiger partial charge in [-0.25, -0.2) is 0 Å². The van der Waals surface area contributed by atoms with Crippen molar-refractivity contribution in [2.75, 3.05) is 0 Å². The molecule has 1 fully saturated rings. The molecule has 0 unspecified atom stereocenters. The number of hydrogen-bond acceptors (Lipinski definition) is 1. The molecule has 0 aromatic carbocycles. The molecular formula is C11H16O. The van der Waals surface area contributed by atoms with Gasteiger partial charge in [-0.2, -0.15) is 0 Å². The Morgan fingerprint density at radius 3 is 2.58 bits per heavy atom. The molecule has 0 aromatic rings. The van der Waals surface area contributed by atoms with Gasteiger partial charge < -0.3 is 0 Å². The molecule has 0 heterocycles. The SMILES string of the molecule is CC[C@@H]1C[C@H]1C1=C(C)CCC1=O. The molecule has 0 bridgehead atoms. The third-order valence-electron chi connectivity index (χ3n) is 3.31. The molecule has 66 valence electrons. The first kappa shape index (κ1) is 8.03. The van der Waals surface area contributed by atoms with Crippen LogP contribution < -0.4 is 0 Å². The number of rotatable bonds is 2. The molecule has 0 N–H and O–H groups in total. The van der Waals surface area contributed by atoms with Crippen LogP contribution in [0.15, 0.2) is 11.1 Å². The summed E-state index contributed by atoms with van der Waals surface area (Å²) in [6, 6.07) is 0. The second-order valence-electron chi connectivity index (χ2n) is 4.13. The van der Waals surface area contributed by atoms with Crippen LogP contribution >= 0.6 is 0 Å². The minimum absolute atomic E-state index is 0.438. The summed E-state index contributed by atoms with van der Waals surface area (Å²) in [6.07, 6.45) is 4.33. The molecule has 1 heteroatoms. The summed E-state index contributed by atoms with van der Waals surface area (Å²) in [5.74, 6) is 1.93. The highest BCUT2D eigenvalue weighted by Crippen LogP contribution is 2.49. The minimum Gasteiger partial charge on any atom is -0.295 e. The summed E-state index contributed by atoms with van der Waals surface area (Å²) >= 11 is 0. The lowest BCUT2D eigenvalue weighted by Crippen LogP contribution is -1.99. The van der Waals surface area contributed by atoms with Gasteiger partial charge in [0.15, 0.2) is 5.78 Å². The van der Waals surface area contributed by atoms with Crippen molar-refractivity contribution in [3.05, 3.63) is 11.1 Å². The summed E-state index contributed by atoms with van der Waals surface area (Å²) in [5.41, 5.74) is 2.59. The van der Waals surface area contributed by atoms with Gasteiger partial charge in [-0.15, -0.1) is 0 Å². The van der Waals surface area contributed by atoms with Gasteiger partial charge in [-0.05, 0) is 37.2 Å². The van der Waals surface area contributed by atoms with E-state index in [4.69, 9.17) is 0 Å². The molecule has 0 spiro atoms. The predicted octanol–water partition coefficient (Wildman–Crippen LogP) is 2.71. The lowest BCUT2D eigenvalue weighted by Gasteiger charge is -1.99. The maximum absolute atomic E-state index is 11.5. The van der Waals surface area contributed by atoms with E-state index >= 15 is 0 Å². The van der Waals surface area contributed by atoms with Gasteiger partial charge in [0, 0.05) is 6.42 Å². The van der Waals surface area contributed by atoms with E-state index < -0.39 is 0 Å². The molecule has 0 amide bonds. The van der Waals surface area contributed by atoms with Crippen molar-refractivity contribution in [2.24, 2.45) is 11.8 Å². The summed E-state index contributed by atoms with van der Waals surface area (Å²) in [4.78, 5) is 11.5. The molecule has 0 radical (unpaired) electrons. The Labute approximate surface area is 73.8 Å². The van der Waals surface area contributed by atoms with Crippen LogP contribution in [0, 0.1) is 11.8 Å². The normalized spacial score (nSPS) is 34.7. The average Bonchev–Trinajstić information content (AvgIpc) is 2.74. The maximum atomic E-state index is 11.5. The topological polar surface area (TPSA) is 17.1 Å². The number of carbonyl (C=O) groups is 1. The largest absolute Gasteiger partial charge is 0.295 e. The monoisotopic (exact) mass is 164 g/mol. The van der Waals surface area contributed by atoms with E-state index in [1.807, 2.05) is 0 Å². The lowest BCUT2D eigenvalue weighted by molar-refractivity contribution is -0.115. The zero-order chi connectivity index (χ0) is 8.72. The Kier molecular flexibility index (Phi) is 1.82. The average molecular weight is 164 g/mol. The van der Waals surface area contributed by atoms with Crippen molar-refractivity contribution >= 4 is 5.78 Å². The van der Waals surface area contributed by atoms with Crippen molar-refractivity contribution in [3.63, 3.8) is 0 Å². The van der Waals surface area contributed by atoms with Crippen molar-refractivity contribution in [2.45, 2.75) is 39.5 Å². The fraction of sp³-hybridized carbons (Fsp3) is 0.727. The molecule has 1 nitrogen and oxygen atoms in total. The van der Waals surface area contributed by atoms with Crippen LogP contribution in [0.4, 0.5) is 0 Å². The molecule has 0 aromatic heterocycles. The van der Waals surface area contributed by atoms with E-state index in [0.29, 0.717) is 11.7 Å². The van der Waals surface area contributed by atoms with Gasteiger partial charge in [-0.3, -0.25) is 4.79 Å². The van der Waals surface area contributed by atoms with Crippen LogP contribution in [0.2, 0.25) is 0 Å². The minimum atomic E-state index is 0.438. The highest BCUT2D eigenvalue weighted by Gasteiger charge is 2.42. The lowest BCUT2D eigenvalue weighted by atomic mass is 10.0. The van der Waals surface area contributed by atoms with Gasteiger partial charge in [0.1, 0.15) is 0 Å². The van der Waals surface area contributed by atoms with Crippen molar-refractivity contribution in [1.29, 1.82) is 0 Å². The first-order valence-corrected chi connectivity index (χ1v) is 4.97. The van der Waals surface area contributed by atoms with E-state index in [0.717, 1.165) is 18.8 Å². The Morgan fingerprint density at radius 1 is 1.42 bits per heavy atom. The zero-order valence-electron chi connectivity index (χ0n) is 7.89. The number of ketones is 1. The standard InChI is InChI=1S/C11H16O/c1-3-8-6-9(8)11-7(2)4-5-10(11)12/h8-9H,3-6H2,1-2H3/t8-,9-/m1/s1. The molecule has 1 saturated carbocycles. The molecular weight excluding hydrogens is 148 g/mol. The van der Waals surface area contributed by atoms with Gasteiger partial charge in [0.2, 0.25) is 0 Å².